The molecule has 0 spiro atoms. The summed E-state index contributed by atoms with van der Waals surface area (Å²) in [6.45, 7) is 7.67. The third kappa shape index (κ3) is 4.53. The van der Waals surface area contributed by atoms with Crippen molar-refractivity contribution in [3.05, 3.63) is 71.8 Å². The van der Waals surface area contributed by atoms with E-state index in [4.69, 9.17) is 0 Å². The van der Waals surface area contributed by atoms with E-state index < -0.39 is 11.6 Å². The highest BCUT2D eigenvalue weighted by Crippen LogP contribution is 2.27. The Hall–Kier alpha value is -1.96. The maximum atomic E-state index is 14.1. The summed E-state index contributed by atoms with van der Waals surface area (Å²) in [5.74, 6) is -0.932. The quantitative estimate of drug-likeness (QED) is 0.464. The van der Waals surface area contributed by atoms with Crippen LogP contribution < -0.4 is 0 Å². The van der Waals surface area contributed by atoms with Crippen LogP contribution >= 0.6 is 0 Å². The molecular weight excluding hydrogens is 302 g/mol. The molecule has 1 atom stereocenters. The Bertz CT molecular complexity index is 671. The Balaban J connectivity index is 2.01. The summed E-state index contributed by atoms with van der Waals surface area (Å²) in [4.78, 5) is 0. The third-order valence-corrected chi connectivity index (χ3v) is 4.57. The summed E-state index contributed by atoms with van der Waals surface area (Å²) >= 11 is 0. The van der Waals surface area contributed by atoms with E-state index in [2.05, 4.69) is 19.6 Å². The van der Waals surface area contributed by atoms with Crippen LogP contribution in [0.15, 0.2) is 49.1 Å². The van der Waals surface area contributed by atoms with Crippen LogP contribution in [0.5, 0.6) is 0 Å². The monoisotopic (exact) mass is 328 g/mol. The lowest BCUT2D eigenvalue weighted by molar-refractivity contribution is 0.505. The van der Waals surface area contributed by atoms with Gasteiger partial charge in [-0.1, -0.05) is 55.8 Å². The number of halogens is 2. The van der Waals surface area contributed by atoms with Gasteiger partial charge in [0.15, 0.2) is 11.6 Å². The second-order valence-corrected chi connectivity index (χ2v) is 6.43. The fraction of sp³-hybridized carbons (Fsp3) is 0.364. The highest BCUT2D eigenvalue weighted by Gasteiger charge is 2.12. The lowest BCUT2D eigenvalue weighted by atomic mass is 9.95. The second kappa shape index (κ2) is 8.77. The Labute approximate surface area is 144 Å². The minimum Gasteiger partial charge on any atom is -0.203 e. The molecule has 0 radical (unpaired) electrons. The number of rotatable bonds is 8. The zero-order chi connectivity index (χ0) is 17.5. The van der Waals surface area contributed by atoms with Crippen molar-refractivity contribution in [1.29, 1.82) is 0 Å². The van der Waals surface area contributed by atoms with E-state index in [9.17, 15) is 8.78 Å². The standard InChI is InChI=1S/C22H26F2/c1-4-7-17(5-2)8-6-9-18-11-13-19(14-12-18)20-15-10-16(3)21(23)22(20)24/h5,10-15,17H,2,4,6-9H2,1,3H3. The van der Waals surface area contributed by atoms with Gasteiger partial charge in [-0.2, -0.15) is 0 Å². The highest BCUT2D eigenvalue weighted by atomic mass is 19.2. The lowest BCUT2D eigenvalue weighted by Crippen LogP contribution is -1.97. The molecule has 2 aromatic carbocycles. The van der Waals surface area contributed by atoms with Crippen LogP contribution in [0.4, 0.5) is 8.78 Å². The van der Waals surface area contributed by atoms with Gasteiger partial charge in [-0.25, -0.2) is 8.78 Å². The van der Waals surface area contributed by atoms with E-state index in [0.29, 0.717) is 22.6 Å². The molecule has 0 heterocycles. The average molecular weight is 328 g/mol. The van der Waals surface area contributed by atoms with E-state index in [1.54, 1.807) is 19.1 Å². The van der Waals surface area contributed by atoms with Gasteiger partial charge in [-0.15, -0.1) is 6.58 Å². The van der Waals surface area contributed by atoms with Crippen LogP contribution in [0.2, 0.25) is 0 Å². The first-order chi connectivity index (χ1) is 11.6. The molecule has 0 aromatic heterocycles. The summed E-state index contributed by atoms with van der Waals surface area (Å²) in [5, 5.41) is 0. The molecule has 0 bridgehead atoms. The molecule has 0 nitrogen and oxygen atoms in total. The first kappa shape index (κ1) is 18.4. The molecule has 24 heavy (non-hydrogen) atoms. The largest absolute Gasteiger partial charge is 0.203 e. The minimum atomic E-state index is -0.767. The molecule has 0 aliphatic heterocycles. The zero-order valence-corrected chi connectivity index (χ0v) is 14.6. The van der Waals surface area contributed by atoms with E-state index in [1.807, 2.05) is 24.3 Å². The fourth-order valence-corrected chi connectivity index (χ4v) is 3.04. The van der Waals surface area contributed by atoms with Crippen molar-refractivity contribution in [3.8, 4) is 11.1 Å². The summed E-state index contributed by atoms with van der Waals surface area (Å²) < 4.78 is 27.8. The molecular formula is C22H26F2. The van der Waals surface area contributed by atoms with Gasteiger partial charge in [0.1, 0.15) is 0 Å². The van der Waals surface area contributed by atoms with E-state index >= 15 is 0 Å². The molecule has 0 saturated carbocycles. The van der Waals surface area contributed by atoms with Crippen molar-refractivity contribution in [3.63, 3.8) is 0 Å². The van der Waals surface area contributed by atoms with Crippen molar-refractivity contribution < 1.29 is 8.78 Å². The van der Waals surface area contributed by atoms with Gasteiger partial charge >= 0.3 is 0 Å². The molecule has 128 valence electrons. The third-order valence-electron chi connectivity index (χ3n) is 4.57. The molecule has 0 saturated heterocycles. The van der Waals surface area contributed by atoms with E-state index in [0.717, 1.165) is 19.3 Å². The van der Waals surface area contributed by atoms with Crippen LogP contribution in [0.1, 0.15) is 43.7 Å². The number of hydrogen-bond acceptors (Lipinski definition) is 0. The SMILES string of the molecule is C=CC(CCC)CCCc1ccc(-c2ccc(C)c(F)c2F)cc1. The Kier molecular flexibility index (Phi) is 6.72. The predicted molar refractivity (Wildman–Crippen MR) is 98.1 cm³/mol. The van der Waals surface area contributed by atoms with E-state index in [-0.39, 0.29) is 0 Å². The van der Waals surface area contributed by atoms with Crippen LogP contribution in [0.3, 0.4) is 0 Å². The molecule has 1 unspecified atom stereocenters. The molecule has 2 aromatic rings. The van der Waals surface area contributed by atoms with Gasteiger partial charge in [0.2, 0.25) is 0 Å². The number of aryl methyl sites for hydroxylation is 2. The Morgan fingerprint density at radius 3 is 2.33 bits per heavy atom. The smallest absolute Gasteiger partial charge is 0.166 e. The van der Waals surface area contributed by atoms with Gasteiger partial charge < -0.3 is 0 Å². The Morgan fingerprint density at radius 1 is 1.00 bits per heavy atom. The van der Waals surface area contributed by atoms with Crippen molar-refractivity contribution in [2.75, 3.05) is 0 Å². The molecule has 2 rings (SSSR count). The summed E-state index contributed by atoms with van der Waals surface area (Å²) in [5.41, 5.74) is 2.59. The summed E-state index contributed by atoms with van der Waals surface area (Å²) in [7, 11) is 0. The molecule has 0 fully saturated rings. The molecule has 0 aliphatic rings. The van der Waals surface area contributed by atoms with E-state index in [1.165, 1.54) is 18.4 Å². The van der Waals surface area contributed by atoms with Gasteiger partial charge in [0.25, 0.3) is 0 Å². The highest BCUT2D eigenvalue weighted by molar-refractivity contribution is 5.65. The second-order valence-electron chi connectivity index (χ2n) is 6.43. The van der Waals surface area contributed by atoms with Crippen LogP contribution in [0, 0.1) is 24.5 Å². The van der Waals surface area contributed by atoms with Crippen LogP contribution in [-0.2, 0) is 6.42 Å². The van der Waals surface area contributed by atoms with Gasteiger partial charge in [-0.05, 0) is 55.2 Å². The molecule has 0 aliphatic carbocycles. The van der Waals surface area contributed by atoms with Crippen molar-refractivity contribution >= 4 is 0 Å². The molecule has 2 heteroatoms. The zero-order valence-electron chi connectivity index (χ0n) is 14.6. The summed E-state index contributed by atoms with van der Waals surface area (Å²) in [6, 6.07) is 11.0. The van der Waals surface area contributed by atoms with Crippen molar-refractivity contribution in [2.45, 2.75) is 46.0 Å². The summed E-state index contributed by atoms with van der Waals surface area (Å²) in [6.07, 6.45) is 7.70. The lowest BCUT2D eigenvalue weighted by Gasteiger charge is -2.11. The number of benzene rings is 2. The van der Waals surface area contributed by atoms with Crippen molar-refractivity contribution in [1.82, 2.24) is 0 Å². The van der Waals surface area contributed by atoms with Crippen LogP contribution in [0.25, 0.3) is 11.1 Å². The molecule has 0 amide bonds. The van der Waals surface area contributed by atoms with Gasteiger partial charge in [0.05, 0.1) is 0 Å². The van der Waals surface area contributed by atoms with Gasteiger partial charge in [0, 0.05) is 5.56 Å². The first-order valence-electron chi connectivity index (χ1n) is 8.73. The van der Waals surface area contributed by atoms with Crippen LogP contribution in [-0.4, -0.2) is 0 Å². The number of allylic oxidation sites excluding steroid dienone is 1. The van der Waals surface area contributed by atoms with Gasteiger partial charge in [-0.3, -0.25) is 0 Å². The first-order valence-corrected chi connectivity index (χ1v) is 8.73. The average Bonchev–Trinajstić information content (AvgIpc) is 2.60. The maximum absolute atomic E-state index is 14.1. The van der Waals surface area contributed by atoms with Crippen molar-refractivity contribution in [2.24, 2.45) is 5.92 Å². The minimum absolute atomic E-state index is 0.319. The normalized spacial score (nSPS) is 12.2. The predicted octanol–water partition coefficient (Wildman–Crippen LogP) is 6.87. The number of hydrogen-bond donors (Lipinski definition) is 0. The maximum Gasteiger partial charge on any atom is 0.166 e. The molecule has 0 N–H and O–H groups in total. The topological polar surface area (TPSA) is 0 Å². The fourth-order valence-electron chi connectivity index (χ4n) is 3.04. The Morgan fingerprint density at radius 2 is 1.71 bits per heavy atom.